The molecular formula is C19H24O5. The van der Waals surface area contributed by atoms with Gasteiger partial charge < -0.3 is 9.47 Å². The minimum absolute atomic E-state index is 0.270. The Hall–Kier alpha value is -2.17. The smallest absolute Gasteiger partial charge is 0.303 e. The van der Waals surface area contributed by atoms with Crippen LogP contribution in [0.1, 0.15) is 73.1 Å². The SMILES string of the molecule is CCCCCCCCOc1ccc2c(c1)C(=O)C(OC(C)=O)C2=O. The molecule has 1 unspecified atom stereocenters. The summed E-state index contributed by atoms with van der Waals surface area (Å²) < 4.78 is 10.5. The van der Waals surface area contributed by atoms with Crippen molar-refractivity contribution in [3.63, 3.8) is 0 Å². The highest BCUT2D eigenvalue weighted by atomic mass is 16.5. The van der Waals surface area contributed by atoms with Gasteiger partial charge in [-0.2, -0.15) is 0 Å². The maximum Gasteiger partial charge on any atom is 0.303 e. The van der Waals surface area contributed by atoms with Crippen molar-refractivity contribution in [3.05, 3.63) is 29.3 Å². The molecule has 0 aliphatic heterocycles. The number of esters is 1. The number of benzene rings is 1. The Balaban J connectivity index is 1.89. The summed E-state index contributed by atoms with van der Waals surface area (Å²) in [5.74, 6) is -1.02. The van der Waals surface area contributed by atoms with Gasteiger partial charge >= 0.3 is 5.97 Å². The van der Waals surface area contributed by atoms with Crippen LogP contribution < -0.4 is 4.74 Å². The molecule has 1 aliphatic rings. The molecule has 0 saturated heterocycles. The van der Waals surface area contributed by atoms with E-state index >= 15 is 0 Å². The van der Waals surface area contributed by atoms with E-state index in [2.05, 4.69) is 6.92 Å². The fourth-order valence-electron chi connectivity index (χ4n) is 2.78. The highest BCUT2D eigenvalue weighted by Gasteiger charge is 2.41. The van der Waals surface area contributed by atoms with Gasteiger partial charge in [0.25, 0.3) is 0 Å². The lowest BCUT2D eigenvalue weighted by Crippen LogP contribution is -2.27. The molecule has 0 fully saturated rings. The zero-order valence-corrected chi connectivity index (χ0v) is 14.3. The zero-order valence-electron chi connectivity index (χ0n) is 14.3. The minimum Gasteiger partial charge on any atom is -0.494 e. The Morgan fingerprint density at radius 3 is 2.38 bits per heavy atom. The first kappa shape index (κ1) is 18.2. The molecule has 0 aromatic heterocycles. The van der Waals surface area contributed by atoms with Crippen LogP contribution in [0.5, 0.6) is 5.75 Å². The van der Waals surface area contributed by atoms with E-state index in [0.717, 1.165) is 12.8 Å². The molecule has 0 spiro atoms. The molecule has 5 nitrogen and oxygen atoms in total. The highest BCUT2D eigenvalue weighted by Crippen LogP contribution is 2.28. The van der Waals surface area contributed by atoms with E-state index in [9.17, 15) is 14.4 Å². The van der Waals surface area contributed by atoms with Crippen LogP contribution in [0.15, 0.2) is 18.2 Å². The normalized spacial score (nSPS) is 16.2. The van der Waals surface area contributed by atoms with Crippen molar-refractivity contribution in [1.29, 1.82) is 0 Å². The molecule has 1 aromatic rings. The lowest BCUT2D eigenvalue weighted by molar-refractivity contribution is -0.142. The van der Waals surface area contributed by atoms with Crippen molar-refractivity contribution in [2.45, 2.75) is 58.5 Å². The van der Waals surface area contributed by atoms with Crippen LogP contribution in [0.25, 0.3) is 0 Å². The monoisotopic (exact) mass is 332 g/mol. The second-order valence-corrected chi connectivity index (χ2v) is 6.04. The summed E-state index contributed by atoms with van der Waals surface area (Å²) in [6.45, 7) is 3.95. The number of carbonyl (C=O) groups is 3. The number of carbonyl (C=O) groups excluding carboxylic acids is 3. The van der Waals surface area contributed by atoms with Crippen LogP contribution in [0.4, 0.5) is 0 Å². The van der Waals surface area contributed by atoms with E-state index in [1.165, 1.54) is 32.6 Å². The van der Waals surface area contributed by atoms with E-state index in [1.807, 2.05) is 0 Å². The number of ether oxygens (including phenoxy) is 2. The number of ketones is 2. The van der Waals surface area contributed by atoms with Crippen molar-refractivity contribution in [3.8, 4) is 5.75 Å². The van der Waals surface area contributed by atoms with E-state index in [4.69, 9.17) is 9.47 Å². The van der Waals surface area contributed by atoms with Gasteiger partial charge in [-0.3, -0.25) is 14.4 Å². The Morgan fingerprint density at radius 2 is 1.67 bits per heavy atom. The maximum absolute atomic E-state index is 12.2. The summed E-state index contributed by atoms with van der Waals surface area (Å²) >= 11 is 0. The van der Waals surface area contributed by atoms with E-state index in [1.54, 1.807) is 18.2 Å². The minimum atomic E-state index is -1.34. The van der Waals surface area contributed by atoms with Gasteiger partial charge in [0.1, 0.15) is 5.75 Å². The van der Waals surface area contributed by atoms with Crippen LogP contribution in [-0.2, 0) is 9.53 Å². The molecule has 0 heterocycles. The van der Waals surface area contributed by atoms with Crippen LogP contribution >= 0.6 is 0 Å². The maximum atomic E-state index is 12.2. The van der Waals surface area contributed by atoms with Crippen molar-refractivity contribution in [2.24, 2.45) is 0 Å². The summed E-state index contributed by atoms with van der Waals surface area (Å²) in [6.07, 6.45) is 5.70. The molecule has 5 heteroatoms. The second-order valence-electron chi connectivity index (χ2n) is 6.04. The van der Waals surface area contributed by atoms with Crippen LogP contribution in [0.2, 0.25) is 0 Å². The summed E-state index contributed by atoms with van der Waals surface area (Å²) in [5.41, 5.74) is 0.560. The molecule has 24 heavy (non-hydrogen) atoms. The first-order valence-electron chi connectivity index (χ1n) is 8.57. The van der Waals surface area contributed by atoms with E-state index in [-0.39, 0.29) is 11.1 Å². The van der Waals surface area contributed by atoms with Gasteiger partial charge in [0.15, 0.2) is 0 Å². The Labute approximate surface area is 142 Å². The van der Waals surface area contributed by atoms with Gasteiger partial charge in [-0.1, -0.05) is 39.0 Å². The molecule has 0 radical (unpaired) electrons. The predicted molar refractivity (Wildman–Crippen MR) is 89.5 cm³/mol. The largest absolute Gasteiger partial charge is 0.494 e. The molecular weight excluding hydrogens is 308 g/mol. The van der Waals surface area contributed by atoms with Crippen LogP contribution in [0, 0.1) is 0 Å². The molecule has 0 saturated carbocycles. The standard InChI is InChI=1S/C19H24O5/c1-3-4-5-6-7-8-11-23-14-9-10-15-16(12-14)18(22)19(17(15)21)24-13(2)20/h9-10,12,19H,3-8,11H2,1-2H3. The van der Waals surface area contributed by atoms with Gasteiger partial charge in [0.2, 0.25) is 17.7 Å². The molecule has 1 aromatic carbocycles. The third-order valence-electron chi connectivity index (χ3n) is 4.05. The Morgan fingerprint density at radius 1 is 1.00 bits per heavy atom. The fraction of sp³-hybridized carbons (Fsp3) is 0.526. The Kier molecular flexibility index (Phi) is 6.53. The zero-order chi connectivity index (χ0) is 17.5. The molecule has 0 N–H and O–H groups in total. The summed E-state index contributed by atoms with van der Waals surface area (Å²) in [6, 6.07) is 4.81. The highest BCUT2D eigenvalue weighted by molar-refractivity contribution is 6.29. The van der Waals surface area contributed by atoms with Crippen molar-refractivity contribution < 1.29 is 23.9 Å². The van der Waals surface area contributed by atoms with Crippen molar-refractivity contribution in [1.82, 2.24) is 0 Å². The number of fused-ring (bicyclic) bond motifs is 1. The molecule has 0 amide bonds. The van der Waals surface area contributed by atoms with Gasteiger partial charge in [-0.05, 0) is 24.6 Å². The third-order valence-corrected chi connectivity index (χ3v) is 4.05. The van der Waals surface area contributed by atoms with Crippen LogP contribution in [-0.4, -0.2) is 30.2 Å². The molecule has 0 bridgehead atoms. The fourth-order valence-corrected chi connectivity index (χ4v) is 2.78. The second kappa shape index (κ2) is 8.62. The summed E-state index contributed by atoms with van der Waals surface area (Å²) in [4.78, 5) is 35.3. The topological polar surface area (TPSA) is 69.7 Å². The lowest BCUT2D eigenvalue weighted by atomic mass is 10.1. The summed E-state index contributed by atoms with van der Waals surface area (Å²) in [7, 11) is 0. The average molecular weight is 332 g/mol. The number of Topliss-reactive ketones (excluding diaryl/α,β-unsaturated/α-hetero) is 2. The Bertz CT molecular complexity index is 620. The first-order chi connectivity index (χ1) is 11.5. The van der Waals surface area contributed by atoms with Gasteiger partial charge in [-0.15, -0.1) is 0 Å². The predicted octanol–water partition coefficient (Wildman–Crippen LogP) is 3.74. The number of hydrogen-bond donors (Lipinski definition) is 0. The first-order valence-corrected chi connectivity index (χ1v) is 8.57. The molecule has 1 atom stereocenters. The quantitative estimate of drug-likeness (QED) is 0.391. The van der Waals surface area contributed by atoms with Crippen LogP contribution in [0.3, 0.4) is 0 Å². The van der Waals surface area contributed by atoms with Crippen molar-refractivity contribution >= 4 is 17.5 Å². The van der Waals surface area contributed by atoms with E-state index < -0.39 is 23.6 Å². The number of rotatable bonds is 9. The van der Waals surface area contributed by atoms with Gasteiger partial charge in [0.05, 0.1) is 6.61 Å². The van der Waals surface area contributed by atoms with Crippen molar-refractivity contribution in [2.75, 3.05) is 6.61 Å². The average Bonchev–Trinajstić information content (AvgIpc) is 2.78. The lowest BCUT2D eigenvalue weighted by Gasteiger charge is -2.07. The van der Waals surface area contributed by atoms with Gasteiger partial charge in [-0.25, -0.2) is 0 Å². The number of unbranched alkanes of at least 4 members (excludes halogenated alkanes) is 5. The molecule has 1 aliphatic carbocycles. The number of hydrogen-bond acceptors (Lipinski definition) is 5. The molecule has 2 rings (SSSR count). The third kappa shape index (κ3) is 4.43. The van der Waals surface area contributed by atoms with Gasteiger partial charge in [0, 0.05) is 18.1 Å². The van der Waals surface area contributed by atoms with E-state index in [0.29, 0.717) is 12.4 Å². The molecule has 130 valence electrons. The summed E-state index contributed by atoms with van der Waals surface area (Å²) in [5, 5.41) is 0.